The summed E-state index contributed by atoms with van der Waals surface area (Å²) >= 11 is 0. The maximum atomic E-state index is 11.2. The van der Waals surface area contributed by atoms with Crippen LogP contribution in [-0.2, 0) is 6.61 Å². The first kappa shape index (κ1) is 11.4. The molecule has 1 aromatic carbocycles. The van der Waals surface area contributed by atoms with Crippen molar-refractivity contribution in [2.45, 2.75) is 13.5 Å². The predicted molar refractivity (Wildman–Crippen MR) is 67.6 cm³/mol. The van der Waals surface area contributed by atoms with Crippen LogP contribution in [0, 0.1) is 6.92 Å². The zero-order chi connectivity index (χ0) is 12.4. The summed E-state index contributed by atoms with van der Waals surface area (Å²) in [6, 6.07) is 7.35. The topological polar surface area (TPSA) is 79.1 Å². The number of aromatic amines is 1. The summed E-state index contributed by atoms with van der Waals surface area (Å²) in [5.74, 6) is 0. The van der Waals surface area contributed by atoms with Crippen LogP contribution >= 0.6 is 0 Å². The Labute approximate surface area is 98.7 Å². The Morgan fingerprint density at radius 1 is 1.41 bits per heavy atom. The van der Waals surface area contributed by atoms with E-state index in [1.807, 2.05) is 25.1 Å². The highest BCUT2D eigenvalue weighted by atomic mass is 16.3. The third-order valence-corrected chi connectivity index (χ3v) is 2.81. The molecule has 2 rings (SSSR count). The normalized spacial score (nSPS) is 10.5. The van der Waals surface area contributed by atoms with Crippen molar-refractivity contribution in [2.75, 3.05) is 5.73 Å². The van der Waals surface area contributed by atoms with Gasteiger partial charge in [0.1, 0.15) is 0 Å². The maximum absolute atomic E-state index is 11.2. The van der Waals surface area contributed by atoms with Crippen LogP contribution in [0.5, 0.6) is 0 Å². The van der Waals surface area contributed by atoms with Crippen LogP contribution in [0.3, 0.4) is 0 Å². The minimum absolute atomic E-state index is 0.0406. The smallest absolute Gasteiger partial charge is 0.271 e. The Morgan fingerprint density at radius 3 is 2.82 bits per heavy atom. The minimum Gasteiger partial charge on any atom is -0.394 e. The van der Waals surface area contributed by atoms with Crippen molar-refractivity contribution in [1.82, 2.24) is 4.98 Å². The third kappa shape index (κ3) is 2.07. The molecule has 0 atom stereocenters. The van der Waals surface area contributed by atoms with Crippen molar-refractivity contribution in [2.24, 2.45) is 0 Å². The number of hydrogen-bond donors (Lipinski definition) is 3. The summed E-state index contributed by atoms with van der Waals surface area (Å²) in [6.07, 6.45) is 1.60. The van der Waals surface area contributed by atoms with Gasteiger partial charge in [-0.25, -0.2) is 0 Å². The summed E-state index contributed by atoms with van der Waals surface area (Å²) in [4.78, 5) is 13.8. The average Bonchev–Trinajstić information content (AvgIpc) is 2.32. The molecule has 0 bridgehead atoms. The number of rotatable bonds is 2. The Hall–Kier alpha value is -2.07. The molecule has 0 radical (unpaired) electrons. The molecule has 4 heteroatoms. The first-order valence-electron chi connectivity index (χ1n) is 5.31. The largest absolute Gasteiger partial charge is 0.394 e. The second-order valence-electron chi connectivity index (χ2n) is 3.93. The van der Waals surface area contributed by atoms with Gasteiger partial charge < -0.3 is 15.8 Å². The van der Waals surface area contributed by atoms with Crippen LogP contribution in [-0.4, -0.2) is 10.1 Å². The first-order valence-corrected chi connectivity index (χ1v) is 5.31. The highest BCUT2D eigenvalue weighted by Crippen LogP contribution is 2.25. The maximum Gasteiger partial charge on any atom is 0.271 e. The lowest BCUT2D eigenvalue weighted by molar-refractivity contribution is 0.281. The molecule has 0 aliphatic heterocycles. The molecule has 0 spiro atoms. The molecule has 0 saturated heterocycles. The first-order chi connectivity index (χ1) is 8.13. The Balaban J connectivity index is 2.64. The number of benzene rings is 1. The van der Waals surface area contributed by atoms with Crippen molar-refractivity contribution < 1.29 is 5.11 Å². The summed E-state index contributed by atoms with van der Waals surface area (Å²) < 4.78 is 0. The number of nitrogens with one attached hydrogen (secondary N) is 1. The number of pyridine rings is 1. The summed E-state index contributed by atoms with van der Waals surface area (Å²) in [7, 11) is 0. The van der Waals surface area contributed by atoms with E-state index in [1.54, 1.807) is 12.3 Å². The molecular formula is C13H14N2O2. The van der Waals surface area contributed by atoms with Gasteiger partial charge in [0.05, 0.1) is 12.3 Å². The second kappa shape index (κ2) is 4.43. The van der Waals surface area contributed by atoms with E-state index >= 15 is 0 Å². The molecular weight excluding hydrogens is 216 g/mol. The number of hydrogen-bond acceptors (Lipinski definition) is 3. The predicted octanol–water partition coefficient (Wildman–Crippen LogP) is 1.42. The molecule has 0 unspecified atom stereocenters. The van der Waals surface area contributed by atoms with E-state index in [1.165, 1.54) is 0 Å². The zero-order valence-corrected chi connectivity index (χ0v) is 9.53. The van der Waals surface area contributed by atoms with Gasteiger partial charge in [0, 0.05) is 11.8 Å². The number of aromatic nitrogens is 1. The van der Waals surface area contributed by atoms with Gasteiger partial charge in [-0.15, -0.1) is 0 Å². The molecule has 4 nitrogen and oxygen atoms in total. The summed E-state index contributed by atoms with van der Waals surface area (Å²) in [6.45, 7) is 1.89. The zero-order valence-electron chi connectivity index (χ0n) is 9.53. The van der Waals surface area contributed by atoms with E-state index in [2.05, 4.69) is 4.98 Å². The van der Waals surface area contributed by atoms with E-state index in [-0.39, 0.29) is 17.9 Å². The molecule has 1 aromatic heterocycles. The van der Waals surface area contributed by atoms with Crippen LogP contribution in [0.25, 0.3) is 11.1 Å². The second-order valence-corrected chi connectivity index (χ2v) is 3.93. The highest BCUT2D eigenvalue weighted by Gasteiger charge is 2.08. The summed E-state index contributed by atoms with van der Waals surface area (Å²) in [5, 5.41) is 9.38. The van der Waals surface area contributed by atoms with E-state index in [0.29, 0.717) is 0 Å². The van der Waals surface area contributed by atoms with Crippen LogP contribution in [0.1, 0.15) is 11.1 Å². The van der Waals surface area contributed by atoms with Gasteiger partial charge in [0.2, 0.25) is 0 Å². The van der Waals surface area contributed by atoms with Crippen molar-refractivity contribution in [1.29, 1.82) is 0 Å². The Kier molecular flexibility index (Phi) is 2.97. The standard InChI is InChI=1S/C13H14N2O2/c1-8-3-2-4-10(11(8)7-16)9-5-12(14)13(17)15-6-9/h2-6,16H,7,14H2,1H3,(H,15,17). The van der Waals surface area contributed by atoms with Gasteiger partial charge in [0.15, 0.2) is 0 Å². The lowest BCUT2D eigenvalue weighted by Gasteiger charge is -2.10. The molecule has 0 aliphatic carbocycles. The lowest BCUT2D eigenvalue weighted by Crippen LogP contribution is -2.10. The third-order valence-electron chi connectivity index (χ3n) is 2.81. The molecule has 1 heterocycles. The Morgan fingerprint density at radius 2 is 2.18 bits per heavy atom. The molecule has 4 N–H and O–H groups in total. The fourth-order valence-corrected chi connectivity index (χ4v) is 1.84. The van der Waals surface area contributed by atoms with Crippen LogP contribution in [0.15, 0.2) is 35.3 Å². The van der Waals surface area contributed by atoms with Crippen molar-refractivity contribution in [3.63, 3.8) is 0 Å². The van der Waals surface area contributed by atoms with Crippen molar-refractivity contribution in [3.05, 3.63) is 51.9 Å². The van der Waals surface area contributed by atoms with E-state index in [9.17, 15) is 9.90 Å². The highest BCUT2D eigenvalue weighted by molar-refractivity contribution is 5.70. The quantitative estimate of drug-likeness (QED) is 0.730. The van der Waals surface area contributed by atoms with Crippen LogP contribution in [0.4, 0.5) is 5.69 Å². The molecule has 0 amide bonds. The summed E-state index contributed by atoms with van der Waals surface area (Å²) in [5.41, 5.74) is 9.00. The Bertz CT molecular complexity index is 603. The average molecular weight is 230 g/mol. The molecule has 2 aromatic rings. The fourth-order valence-electron chi connectivity index (χ4n) is 1.84. The van der Waals surface area contributed by atoms with Gasteiger partial charge in [-0.1, -0.05) is 18.2 Å². The number of nitrogen functional groups attached to an aromatic ring is 1. The molecule has 17 heavy (non-hydrogen) atoms. The molecule has 0 aliphatic rings. The van der Waals surface area contributed by atoms with Crippen molar-refractivity contribution in [3.8, 4) is 11.1 Å². The van der Waals surface area contributed by atoms with Gasteiger partial charge in [0.25, 0.3) is 5.56 Å². The fraction of sp³-hybridized carbons (Fsp3) is 0.154. The van der Waals surface area contributed by atoms with Gasteiger partial charge >= 0.3 is 0 Å². The monoisotopic (exact) mass is 230 g/mol. The van der Waals surface area contributed by atoms with Crippen LogP contribution < -0.4 is 11.3 Å². The van der Waals surface area contributed by atoms with Gasteiger partial charge in [-0.05, 0) is 29.7 Å². The molecule has 0 saturated carbocycles. The van der Waals surface area contributed by atoms with E-state index < -0.39 is 0 Å². The van der Waals surface area contributed by atoms with Crippen LogP contribution in [0.2, 0.25) is 0 Å². The number of nitrogens with two attached hydrogens (primary N) is 1. The minimum atomic E-state index is -0.299. The number of aliphatic hydroxyl groups is 1. The van der Waals surface area contributed by atoms with Gasteiger partial charge in [-0.2, -0.15) is 0 Å². The number of anilines is 1. The van der Waals surface area contributed by atoms with Crippen molar-refractivity contribution >= 4 is 5.69 Å². The lowest BCUT2D eigenvalue weighted by atomic mass is 9.97. The molecule has 0 fully saturated rings. The number of aliphatic hydroxyl groups excluding tert-OH is 1. The van der Waals surface area contributed by atoms with Gasteiger partial charge in [-0.3, -0.25) is 4.79 Å². The number of aryl methyl sites for hydroxylation is 1. The van der Waals surface area contributed by atoms with E-state index in [0.717, 1.165) is 22.3 Å². The number of H-pyrrole nitrogens is 1. The molecule has 88 valence electrons. The van der Waals surface area contributed by atoms with E-state index in [4.69, 9.17) is 5.73 Å². The SMILES string of the molecule is Cc1cccc(-c2c[nH]c(=O)c(N)c2)c1CO.